The molecule has 0 aliphatic carbocycles. The molecule has 0 saturated heterocycles. The van der Waals surface area contributed by atoms with Gasteiger partial charge >= 0.3 is 12.0 Å². The van der Waals surface area contributed by atoms with E-state index < -0.39 is 12.0 Å². The van der Waals surface area contributed by atoms with E-state index in [9.17, 15) is 9.59 Å². The van der Waals surface area contributed by atoms with Crippen LogP contribution in [0.5, 0.6) is 5.75 Å². The smallest absolute Gasteiger partial charge is 0.339 e. The number of hydrazone groups is 1. The molecule has 1 aromatic carbocycles. The van der Waals surface area contributed by atoms with E-state index in [1.807, 2.05) is 5.43 Å². The van der Waals surface area contributed by atoms with Crippen LogP contribution in [0.25, 0.3) is 0 Å². The number of urea groups is 1. The molecule has 7 heteroatoms. The lowest BCUT2D eigenvalue weighted by Crippen LogP contribution is -2.24. The minimum Gasteiger partial charge on any atom is -0.496 e. The Labute approximate surface area is 96.9 Å². The first-order chi connectivity index (χ1) is 8.04. The highest BCUT2D eigenvalue weighted by Crippen LogP contribution is 2.19. The maximum absolute atomic E-state index is 10.8. The van der Waals surface area contributed by atoms with Crippen LogP contribution in [0.4, 0.5) is 4.79 Å². The number of rotatable bonds is 4. The number of ether oxygens (including phenoxy) is 1. The number of aromatic carboxylic acids is 1. The van der Waals surface area contributed by atoms with Crippen molar-refractivity contribution in [2.75, 3.05) is 7.11 Å². The van der Waals surface area contributed by atoms with E-state index in [1.165, 1.54) is 31.5 Å². The number of carbonyl (C=O) groups excluding carboxylic acids is 1. The molecule has 0 radical (unpaired) electrons. The van der Waals surface area contributed by atoms with Crippen molar-refractivity contribution in [3.05, 3.63) is 29.3 Å². The Bertz CT molecular complexity index is 471. The molecule has 0 spiro atoms. The van der Waals surface area contributed by atoms with E-state index in [-0.39, 0.29) is 11.3 Å². The molecule has 4 N–H and O–H groups in total. The first-order valence-corrected chi connectivity index (χ1v) is 4.54. The zero-order chi connectivity index (χ0) is 12.8. The number of hydrogen-bond acceptors (Lipinski definition) is 4. The third-order valence-electron chi connectivity index (χ3n) is 1.84. The zero-order valence-corrected chi connectivity index (χ0v) is 9.01. The number of carboxylic acids is 1. The topological polar surface area (TPSA) is 114 Å². The Morgan fingerprint density at radius 2 is 2.24 bits per heavy atom. The van der Waals surface area contributed by atoms with Crippen molar-refractivity contribution in [3.63, 3.8) is 0 Å². The Morgan fingerprint density at radius 3 is 2.76 bits per heavy atom. The largest absolute Gasteiger partial charge is 0.496 e. The normalized spacial score (nSPS) is 10.2. The van der Waals surface area contributed by atoms with Crippen molar-refractivity contribution in [1.29, 1.82) is 0 Å². The number of nitrogens with zero attached hydrogens (tertiary/aromatic N) is 1. The van der Waals surface area contributed by atoms with Gasteiger partial charge in [0.15, 0.2) is 0 Å². The van der Waals surface area contributed by atoms with Gasteiger partial charge in [-0.15, -0.1) is 0 Å². The first kappa shape index (κ1) is 12.5. The second-order valence-corrected chi connectivity index (χ2v) is 3.00. The molecule has 1 rings (SSSR count). The molecule has 90 valence electrons. The fraction of sp³-hybridized carbons (Fsp3) is 0.100. The lowest BCUT2D eigenvalue weighted by molar-refractivity contribution is 0.0693. The van der Waals surface area contributed by atoms with Crippen LogP contribution in [0.2, 0.25) is 0 Å². The summed E-state index contributed by atoms with van der Waals surface area (Å²) in [6, 6.07) is 3.61. The van der Waals surface area contributed by atoms with Crippen molar-refractivity contribution < 1.29 is 19.4 Å². The van der Waals surface area contributed by atoms with E-state index in [0.717, 1.165) is 0 Å². The van der Waals surface area contributed by atoms with Gasteiger partial charge in [0.25, 0.3) is 0 Å². The molecule has 0 fully saturated rings. The van der Waals surface area contributed by atoms with E-state index >= 15 is 0 Å². The predicted octanol–water partition coefficient (Wildman–Crippen LogP) is 0.396. The highest BCUT2D eigenvalue weighted by molar-refractivity contribution is 5.92. The van der Waals surface area contributed by atoms with Gasteiger partial charge in [-0.2, -0.15) is 5.10 Å². The maximum atomic E-state index is 10.8. The Hall–Kier alpha value is -2.57. The molecular formula is C10H11N3O4. The maximum Gasteiger partial charge on any atom is 0.339 e. The molecule has 17 heavy (non-hydrogen) atoms. The average molecular weight is 237 g/mol. The number of amides is 2. The molecule has 7 nitrogen and oxygen atoms in total. The molecular weight excluding hydrogens is 226 g/mol. The van der Waals surface area contributed by atoms with E-state index in [2.05, 4.69) is 5.10 Å². The Kier molecular flexibility index (Phi) is 4.04. The molecule has 1 aromatic rings. The van der Waals surface area contributed by atoms with Crippen LogP contribution >= 0.6 is 0 Å². The van der Waals surface area contributed by atoms with E-state index in [1.54, 1.807) is 0 Å². The highest BCUT2D eigenvalue weighted by atomic mass is 16.5. The third-order valence-corrected chi connectivity index (χ3v) is 1.84. The summed E-state index contributed by atoms with van der Waals surface area (Å²) < 4.78 is 4.92. The highest BCUT2D eigenvalue weighted by Gasteiger charge is 2.10. The van der Waals surface area contributed by atoms with Gasteiger partial charge in [-0.3, -0.25) is 0 Å². The van der Waals surface area contributed by atoms with Crippen molar-refractivity contribution in [1.82, 2.24) is 5.43 Å². The minimum atomic E-state index is -1.08. The lowest BCUT2D eigenvalue weighted by atomic mass is 10.1. The van der Waals surface area contributed by atoms with Crippen molar-refractivity contribution in [2.45, 2.75) is 0 Å². The van der Waals surface area contributed by atoms with Gasteiger partial charge in [-0.1, -0.05) is 6.07 Å². The number of benzene rings is 1. The van der Waals surface area contributed by atoms with Gasteiger partial charge in [0, 0.05) is 0 Å². The van der Waals surface area contributed by atoms with E-state index in [4.69, 9.17) is 15.6 Å². The predicted molar refractivity (Wildman–Crippen MR) is 60.3 cm³/mol. The van der Waals surface area contributed by atoms with Crippen LogP contribution in [0.3, 0.4) is 0 Å². The van der Waals surface area contributed by atoms with Gasteiger partial charge in [0.05, 0.1) is 13.3 Å². The molecule has 0 heterocycles. The number of methoxy groups -OCH3 is 1. The van der Waals surface area contributed by atoms with Crippen molar-refractivity contribution >= 4 is 18.2 Å². The number of nitrogens with one attached hydrogen (secondary N) is 1. The van der Waals surface area contributed by atoms with Gasteiger partial charge in [0.2, 0.25) is 0 Å². The summed E-state index contributed by atoms with van der Waals surface area (Å²) in [6.07, 6.45) is 1.32. The van der Waals surface area contributed by atoms with Crippen LogP contribution < -0.4 is 15.9 Å². The lowest BCUT2D eigenvalue weighted by Gasteiger charge is -2.05. The average Bonchev–Trinajstić information content (AvgIpc) is 2.28. The van der Waals surface area contributed by atoms with Gasteiger partial charge < -0.3 is 15.6 Å². The molecule has 0 aromatic heterocycles. The number of carboxylic acid groups (broad SMARTS) is 1. The Morgan fingerprint density at radius 1 is 1.53 bits per heavy atom. The standard InChI is InChI=1S/C10H11N3O4/c1-17-8-4-6(5-12-13-10(11)16)2-3-7(8)9(14)15/h2-5H,1H3,(H,14,15)(H3,11,13,16). The van der Waals surface area contributed by atoms with Crippen LogP contribution in [0, 0.1) is 0 Å². The molecule has 0 aliphatic rings. The fourth-order valence-corrected chi connectivity index (χ4v) is 1.14. The summed E-state index contributed by atoms with van der Waals surface area (Å²) >= 11 is 0. The third kappa shape index (κ3) is 3.49. The zero-order valence-electron chi connectivity index (χ0n) is 9.01. The van der Waals surface area contributed by atoms with E-state index in [0.29, 0.717) is 5.56 Å². The van der Waals surface area contributed by atoms with Gasteiger partial charge in [-0.25, -0.2) is 15.0 Å². The minimum absolute atomic E-state index is 0.0486. The number of carbonyl (C=O) groups is 2. The summed E-state index contributed by atoms with van der Waals surface area (Å²) in [4.78, 5) is 21.2. The molecule has 2 amide bonds. The second kappa shape index (κ2) is 5.50. The van der Waals surface area contributed by atoms with Crippen LogP contribution in [-0.4, -0.2) is 30.4 Å². The summed E-state index contributed by atoms with van der Waals surface area (Å²) in [5.74, 6) is -0.874. The monoisotopic (exact) mass is 237 g/mol. The summed E-state index contributed by atoms with van der Waals surface area (Å²) in [5.41, 5.74) is 7.45. The second-order valence-electron chi connectivity index (χ2n) is 3.00. The summed E-state index contributed by atoms with van der Waals surface area (Å²) in [7, 11) is 1.37. The fourth-order valence-electron chi connectivity index (χ4n) is 1.14. The van der Waals surface area contributed by atoms with Crippen LogP contribution in [-0.2, 0) is 0 Å². The molecule has 0 unspecified atom stereocenters. The quantitative estimate of drug-likeness (QED) is 0.519. The number of nitrogens with two attached hydrogens (primary N) is 1. The Balaban J connectivity index is 2.93. The SMILES string of the molecule is COc1cc(C=NNC(N)=O)ccc1C(=O)O. The molecule has 0 atom stereocenters. The number of hydrogen-bond donors (Lipinski definition) is 3. The summed E-state index contributed by atoms with van der Waals surface area (Å²) in [6.45, 7) is 0. The summed E-state index contributed by atoms with van der Waals surface area (Å²) in [5, 5.41) is 12.4. The number of primary amides is 1. The molecule has 0 saturated carbocycles. The van der Waals surface area contributed by atoms with Gasteiger partial charge in [0.1, 0.15) is 11.3 Å². The van der Waals surface area contributed by atoms with Crippen LogP contribution in [0.1, 0.15) is 15.9 Å². The van der Waals surface area contributed by atoms with Gasteiger partial charge in [-0.05, 0) is 17.7 Å². The molecule has 0 aliphatic heterocycles. The van der Waals surface area contributed by atoms with Crippen molar-refractivity contribution in [3.8, 4) is 5.75 Å². The molecule has 0 bridgehead atoms. The van der Waals surface area contributed by atoms with Crippen LogP contribution in [0.15, 0.2) is 23.3 Å². The van der Waals surface area contributed by atoms with Crippen molar-refractivity contribution in [2.24, 2.45) is 10.8 Å². The first-order valence-electron chi connectivity index (χ1n) is 4.54.